The third-order valence-corrected chi connectivity index (χ3v) is 7.40. The Morgan fingerprint density at radius 2 is 0.932 bits per heavy atom. The van der Waals surface area contributed by atoms with Gasteiger partial charge < -0.3 is 0 Å². The van der Waals surface area contributed by atoms with Gasteiger partial charge in [-0.2, -0.15) is 12.1 Å². The van der Waals surface area contributed by atoms with E-state index in [0.29, 0.717) is 0 Å². The van der Waals surface area contributed by atoms with Gasteiger partial charge in [0, 0.05) is 9.52 Å². The molecule has 44 heavy (non-hydrogen) atoms. The van der Waals surface area contributed by atoms with Crippen LogP contribution in [0.15, 0.2) is 109 Å². The van der Waals surface area contributed by atoms with E-state index in [-0.39, 0.29) is 0 Å². The minimum absolute atomic E-state index is 0.826. The van der Waals surface area contributed by atoms with Gasteiger partial charge in [0.15, 0.2) is 0 Å². The van der Waals surface area contributed by atoms with Gasteiger partial charge in [-0.05, 0) is 35.1 Å². The third-order valence-electron chi connectivity index (χ3n) is 7.40. The van der Waals surface area contributed by atoms with E-state index in [4.69, 9.17) is 17.0 Å². The van der Waals surface area contributed by atoms with Gasteiger partial charge in [-0.15, -0.1) is 69.1 Å². The average molecular weight is 715 g/mol. The number of rotatable bonds is 6. The van der Waals surface area contributed by atoms with Crippen LogP contribution < -0.4 is 0 Å². The third kappa shape index (κ3) is 10.4. The van der Waals surface area contributed by atoms with Gasteiger partial charge in [0.05, 0.1) is 0 Å². The molecular weight excluding hydrogens is 671 g/mol. The van der Waals surface area contributed by atoms with Crippen LogP contribution in [0.25, 0.3) is 43.8 Å². The summed E-state index contributed by atoms with van der Waals surface area (Å²) < 4.78 is 0. The monoisotopic (exact) mass is 712 g/mol. The van der Waals surface area contributed by atoms with Crippen LogP contribution in [0.2, 0.25) is 13.1 Å². The molecule has 0 fully saturated rings. The molecule has 0 spiro atoms. The molecule has 0 aliphatic rings. The SMILES string of the molecule is CCCc1ccc(-c2cccc3[cH-]c(C)cc23)cc1.CCCc1ccc(-c2cccc3[cH-]c(C)cc23)cc1.C[Si]C.[Cl][Zr+2][Cl]. The molecule has 0 saturated carbocycles. The van der Waals surface area contributed by atoms with Crippen LogP contribution in [0, 0.1) is 13.8 Å². The Morgan fingerprint density at radius 1 is 0.591 bits per heavy atom. The van der Waals surface area contributed by atoms with Crippen LogP contribution in [-0.2, 0) is 33.7 Å². The van der Waals surface area contributed by atoms with Crippen molar-refractivity contribution in [1.82, 2.24) is 0 Å². The summed E-state index contributed by atoms with van der Waals surface area (Å²) >= 11 is -0.826. The topological polar surface area (TPSA) is 0 Å². The van der Waals surface area contributed by atoms with E-state index in [1.54, 1.807) is 0 Å². The van der Waals surface area contributed by atoms with Crippen LogP contribution in [0.5, 0.6) is 0 Å². The van der Waals surface area contributed by atoms with Crippen molar-refractivity contribution in [2.75, 3.05) is 0 Å². The summed E-state index contributed by atoms with van der Waals surface area (Å²) in [5, 5.41) is 5.41. The molecule has 6 aromatic rings. The quantitative estimate of drug-likeness (QED) is 0.119. The molecule has 0 unspecified atom stereocenters. The van der Waals surface area contributed by atoms with Gasteiger partial charge in [-0.25, -0.2) is 0 Å². The van der Waals surface area contributed by atoms with Gasteiger partial charge in [0.2, 0.25) is 0 Å². The Labute approximate surface area is 287 Å². The molecule has 0 bridgehead atoms. The Bertz CT molecular complexity index is 1550. The first-order valence-corrected chi connectivity index (χ1v) is 23.8. The van der Waals surface area contributed by atoms with Crippen molar-refractivity contribution in [3.8, 4) is 22.3 Å². The van der Waals surface area contributed by atoms with Crippen LogP contribution in [0.3, 0.4) is 0 Å². The fraction of sp³-hybridized carbons (Fsp3) is 0.250. The van der Waals surface area contributed by atoms with Gasteiger partial charge in [0.1, 0.15) is 0 Å². The molecular formula is C40H44Cl2SiZr. The summed E-state index contributed by atoms with van der Waals surface area (Å²) in [5.74, 6) is 0. The first kappa shape index (κ1) is 36.3. The Balaban J connectivity index is 0.000000204. The first-order chi connectivity index (χ1) is 21.4. The van der Waals surface area contributed by atoms with E-state index in [1.165, 1.54) is 91.7 Å². The number of hydrogen-bond acceptors (Lipinski definition) is 0. The molecule has 4 heteroatoms. The molecule has 0 amide bonds. The molecule has 6 rings (SSSR count). The second kappa shape index (κ2) is 19.3. The molecule has 0 saturated heterocycles. The normalized spacial score (nSPS) is 10.2. The molecule has 0 N–H and O–H groups in total. The maximum absolute atomic E-state index is 4.93. The van der Waals surface area contributed by atoms with Crippen LogP contribution in [-0.4, -0.2) is 9.52 Å². The zero-order valence-electron chi connectivity index (χ0n) is 27.0. The molecule has 6 aromatic carbocycles. The van der Waals surface area contributed by atoms with Crippen molar-refractivity contribution in [1.29, 1.82) is 0 Å². The number of hydrogen-bond donors (Lipinski definition) is 0. The zero-order chi connectivity index (χ0) is 31.9. The predicted octanol–water partition coefficient (Wildman–Crippen LogP) is 13.1. The summed E-state index contributed by atoms with van der Waals surface area (Å²) in [5.41, 5.74) is 10.8. The number of halogens is 2. The van der Waals surface area contributed by atoms with Gasteiger partial charge in [-0.1, -0.05) is 125 Å². The minimum atomic E-state index is -0.826. The maximum atomic E-state index is 4.93. The summed E-state index contributed by atoms with van der Waals surface area (Å²) in [7, 11) is 11.0. The van der Waals surface area contributed by atoms with E-state index in [1.807, 2.05) is 0 Å². The van der Waals surface area contributed by atoms with E-state index >= 15 is 0 Å². The second-order valence-corrected chi connectivity index (χ2v) is 15.9. The summed E-state index contributed by atoms with van der Waals surface area (Å²) in [6, 6.07) is 40.2. The van der Waals surface area contributed by atoms with Crippen LogP contribution >= 0.6 is 17.0 Å². The Morgan fingerprint density at radius 3 is 1.25 bits per heavy atom. The van der Waals surface area contributed by atoms with E-state index in [2.05, 4.69) is 150 Å². The van der Waals surface area contributed by atoms with Crippen molar-refractivity contribution in [2.24, 2.45) is 0 Å². The van der Waals surface area contributed by atoms with E-state index in [9.17, 15) is 0 Å². The van der Waals surface area contributed by atoms with Gasteiger partial charge in [0.25, 0.3) is 0 Å². The molecule has 0 aromatic heterocycles. The fourth-order valence-corrected chi connectivity index (χ4v) is 5.55. The van der Waals surface area contributed by atoms with Gasteiger partial charge >= 0.3 is 37.9 Å². The van der Waals surface area contributed by atoms with Crippen molar-refractivity contribution < 1.29 is 20.8 Å². The zero-order valence-corrected chi connectivity index (χ0v) is 31.9. The molecule has 0 heterocycles. The number of aryl methyl sites for hydroxylation is 4. The fourth-order valence-electron chi connectivity index (χ4n) is 5.55. The Kier molecular flexibility index (Phi) is 15.9. The van der Waals surface area contributed by atoms with Crippen molar-refractivity contribution in [3.05, 3.63) is 131 Å². The van der Waals surface area contributed by atoms with E-state index < -0.39 is 20.8 Å². The first-order valence-electron chi connectivity index (χ1n) is 15.4. The van der Waals surface area contributed by atoms with E-state index in [0.717, 1.165) is 9.52 Å². The number of fused-ring (bicyclic) bond motifs is 2. The Hall–Kier alpha value is -2.22. The van der Waals surface area contributed by atoms with Crippen molar-refractivity contribution in [2.45, 2.75) is 66.5 Å². The van der Waals surface area contributed by atoms with Crippen LogP contribution in [0.1, 0.15) is 48.9 Å². The molecule has 0 nitrogen and oxygen atoms in total. The predicted molar refractivity (Wildman–Crippen MR) is 197 cm³/mol. The molecule has 2 radical (unpaired) electrons. The van der Waals surface area contributed by atoms with Crippen molar-refractivity contribution in [3.63, 3.8) is 0 Å². The average Bonchev–Trinajstić information content (AvgIpc) is 3.60. The summed E-state index contributed by atoms with van der Waals surface area (Å²) in [6.07, 6.45) is 4.74. The summed E-state index contributed by atoms with van der Waals surface area (Å²) in [4.78, 5) is 0. The van der Waals surface area contributed by atoms with Crippen molar-refractivity contribution >= 4 is 48.1 Å². The van der Waals surface area contributed by atoms with Crippen LogP contribution in [0.4, 0.5) is 0 Å². The molecule has 0 atom stereocenters. The number of benzene rings is 4. The molecule has 226 valence electrons. The molecule has 0 aliphatic carbocycles. The second-order valence-electron chi connectivity index (χ2n) is 11.1. The standard InChI is InChI=1S/2C19H19.C2H6Si.2ClH.Zr/c2*1-3-5-15-8-10-16(11-9-15)18-7-4-6-17-12-14(2)13-19(17)18;1-3-2;;;/h2*4,6-13H,3,5H2,1-2H3;1-2H3;2*1H;/q2*-1;;;;+4/p-2. The van der Waals surface area contributed by atoms with Gasteiger partial charge in [-0.3, -0.25) is 0 Å². The summed E-state index contributed by atoms with van der Waals surface area (Å²) in [6.45, 7) is 13.1. The molecule has 0 aliphatic heterocycles.